The molecule has 21 heavy (non-hydrogen) atoms. The molecule has 0 saturated heterocycles. The Balaban J connectivity index is 2.07. The van der Waals surface area contributed by atoms with Gasteiger partial charge in [-0.15, -0.1) is 0 Å². The van der Waals surface area contributed by atoms with E-state index in [1.165, 1.54) is 11.1 Å². The minimum atomic E-state index is 0.329. The molecule has 0 aliphatic carbocycles. The number of hydrogen-bond donors (Lipinski definition) is 1. The van der Waals surface area contributed by atoms with Crippen LogP contribution in [0.4, 0.5) is 0 Å². The van der Waals surface area contributed by atoms with Gasteiger partial charge in [-0.3, -0.25) is 0 Å². The molecule has 1 N–H and O–H groups in total. The molecule has 1 aromatic rings. The summed E-state index contributed by atoms with van der Waals surface area (Å²) in [6.07, 6.45) is 5.48. The standard InChI is InChI=1S/C18H29NO2/c1-3-11-19-17(10-14-20-12-4-2)16-9-5-7-15-8-6-13-21-18(15)16/h5,7,9,17,19H,3-4,6,8,10-14H2,1-2H3. The lowest BCUT2D eigenvalue weighted by atomic mass is 9.96. The van der Waals surface area contributed by atoms with Crippen molar-refractivity contribution in [1.29, 1.82) is 0 Å². The van der Waals surface area contributed by atoms with Gasteiger partial charge in [0.1, 0.15) is 5.75 Å². The van der Waals surface area contributed by atoms with Crippen LogP contribution in [0.15, 0.2) is 18.2 Å². The van der Waals surface area contributed by atoms with Gasteiger partial charge in [0, 0.05) is 24.8 Å². The van der Waals surface area contributed by atoms with Gasteiger partial charge in [-0.05, 0) is 44.2 Å². The van der Waals surface area contributed by atoms with Crippen LogP contribution in [0.2, 0.25) is 0 Å². The molecule has 0 saturated carbocycles. The molecule has 0 radical (unpaired) electrons. The van der Waals surface area contributed by atoms with Crippen molar-refractivity contribution >= 4 is 0 Å². The molecule has 118 valence electrons. The summed E-state index contributed by atoms with van der Waals surface area (Å²) in [7, 11) is 0. The molecule has 2 rings (SSSR count). The number of para-hydroxylation sites is 1. The second kappa shape index (κ2) is 9.06. The van der Waals surface area contributed by atoms with E-state index in [9.17, 15) is 0 Å². The molecule has 0 fully saturated rings. The van der Waals surface area contributed by atoms with E-state index in [2.05, 4.69) is 37.4 Å². The van der Waals surface area contributed by atoms with E-state index in [0.717, 1.165) is 64.2 Å². The fourth-order valence-electron chi connectivity index (χ4n) is 2.82. The predicted molar refractivity (Wildman–Crippen MR) is 87.0 cm³/mol. The van der Waals surface area contributed by atoms with Gasteiger partial charge in [-0.25, -0.2) is 0 Å². The third-order valence-corrected chi connectivity index (χ3v) is 3.88. The largest absolute Gasteiger partial charge is 0.493 e. The van der Waals surface area contributed by atoms with Crippen LogP contribution in [-0.4, -0.2) is 26.4 Å². The highest BCUT2D eigenvalue weighted by Crippen LogP contribution is 2.34. The number of benzene rings is 1. The van der Waals surface area contributed by atoms with E-state index in [1.807, 2.05) is 0 Å². The summed E-state index contributed by atoms with van der Waals surface area (Å²) in [5.41, 5.74) is 2.66. The van der Waals surface area contributed by atoms with E-state index in [1.54, 1.807) is 0 Å². The predicted octanol–water partition coefficient (Wildman–Crippen LogP) is 3.87. The first kappa shape index (κ1) is 16.3. The molecule has 3 heteroatoms. The first-order chi connectivity index (χ1) is 10.4. The smallest absolute Gasteiger partial charge is 0.127 e. The number of aryl methyl sites for hydroxylation is 1. The minimum absolute atomic E-state index is 0.329. The van der Waals surface area contributed by atoms with Crippen LogP contribution in [0, 0.1) is 0 Å². The second-order valence-electron chi connectivity index (χ2n) is 5.70. The number of nitrogens with one attached hydrogen (secondary N) is 1. The zero-order valence-corrected chi connectivity index (χ0v) is 13.5. The van der Waals surface area contributed by atoms with Crippen molar-refractivity contribution < 1.29 is 9.47 Å². The molecule has 1 aliphatic rings. The molecule has 1 atom stereocenters. The third-order valence-electron chi connectivity index (χ3n) is 3.88. The lowest BCUT2D eigenvalue weighted by Crippen LogP contribution is -2.25. The van der Waals surface area contributed by atoms with E-state index in [-0.39, 0.29) is 0 Å². The lowest BCUT2D eigenvalue weighted by molar-refractivity contribution is 0.124. The summed E-state index contributed by atoms with van der Waals surface area (Å²) >= 11 is 0. The summed E-state index contributed by atoms with van der Waals surface area (Å²) in [5, 5.41) is 3.65. The highest BCUT2D eigenvalue weighted by atomic mass is 16.5. The third kappa shape index (κ3) is 4.72. The number of ether oxygens (including phenoxy) is 2. The molecule has 1 aliphatic heterocycles. The summed E-state index contributed by atoms with van der Waals surface area (Å²) in [6.45, 7) is 7.88. The quantitative estimate of drug-likeness (QED) is 0.701. The van der Waals surface area contributed by atoms with Gasteiger partial charge in [0.2, 0.25) is 0 Å². The van der Waals surface area contributed by atoms with Crippen LogP contribution >= 0.6 is 0 Å². The topological polar surface area (TPSA) is 30.5 Å². The fourth-order valence-corrected chi connectivity index (χ4v) is 2.82. The van der Waals surface area contributed by atoms with Crippen molar-refractivity contribution in [2.24, 2.45) is 0 Å². The normalized spacial score (nSPS) is 15.3. The van der Waals surface area contributed by atoms with Gasteiger partial charge in [0.15, 0.2) is 0 Å². The first-order valence-corrected chi connectivity index (χ1v) is 8.42. The summed E-state index contributed by atoms with van der Waals surface area (Å²) in [6, 6.07) is 6.89. The first-order valence-electron chi connectivity index (χ1n) is 8.42. The summed E-state index contributed by atoms with van der Waals surface area (Å²) in [4.78, 5) is 0. The van der Waals surface area contributed by atoms with Gasteiger partial charge in [-0.2, -0.15) is 0 Å². The molecular weight excluding hydrogens is 262 g/mol. The molecule has 3 nitrogen and oxygen atoms in total. The fraction of sp³-hybridized carbons (Fsp3) is 0.667. The van der Waals surface area contributed by atoms with Crippen LogP contribution < -0.4 is 10.1 Å². The molecular formula is C18H29NO2. The molecule has 0 spiro atoms. The second-order valence-corrected chi connectivity index (χ2v) is 5.70. The monoisotopic (exact) mass is 291 g/mol. The lowest BCUT2D eigenvalue weighted by Gasteiger charge is -2.26. The van der Waals surface area contributed by atoms with E-state index >= 15 is 0 Å². The molecule has 1 unspecified atom stereocenters. The Morgan fingerprint density at radius 3 is 2.95 bits per heavy atom. The highest BCUT2D eigenvalue weighted by Gasteiger charge is 2.20. The Morgan fingerprint density at radius 2 is 2.14 bits per heavy atom. The van der Waals surface area contributed by atoms with Crippen LogP contribution in [0.1, 0.15) is 56.7 Å². The van der Waals surface area contributed by atoms with Crippen molar-refractivity contribution in [3.63, 3.8) is 0 Å². The van der Waals surface area contributed by atoms with Gasteiger partial charge in [-0.1, -0.05) is 32.0 Å². The van der Waals surface area contributed by atoms with Gasteiger partial charge in [0.05, 0.1) is 6.61 Å². The van der Waals surface area contributed by atoms with Crippen molar-refractivity contribution in [3.05, 3.63) is 29.3 Å². The number of hydrogen-bond acceptors (Lipinski definition) is 3. The Kier molecular flexibility index (Phi) is 7.04. The Hall–Kier alpha value is -1.06. The van der Waals surface area contributed by atoms with Crippen molar-refractivity contribution in [1.82, 2.24) is 5.32 Å². The average Bonchev–Trinajstić information content (AvgIpc) is 2.54. The van der Waals surface area contributed by atoms with Gasteiger partial charge < -0.3 is 14.8 Å². The number of rotatable bonds is 9. The molecule has 0 aromatic heterocycles. The van der Waals surface area contributed by atoms with E-state index in [4.69, 9.17) is 9.47 Å². The van der Waals surface area contributed by atoms with E-state index in [0.29, 0.717) is 6.04 Å². The van der Waals surface area contributed by atoms with Crippen LogP contribution in [0.25, 0.3) is 0 Å². The average molecular weight is 291 g/mol. The zero-order chi connectivity index (χ0) is 14.9. The van der Waals surface area contributed by atoms with Crippen molar-refractivity contribution in [2.45, 2.75) is 52.0 Å². The zero-order valence-electron chi connectivity index (χ0n) is 13.5. The SMILES string of the molecule is CCCNC(CCOCCC)c1cccc2c1OCCC2. The highest BCUT2D eigenvalue weighted by molar-refractivity contribution is 5.44. The summed E-state index contributed by atoms with van der Waals surface area (Å²) < 4.78 is 11.6. The maximum atomic E-state index is 5.96. The van der Waals surface area contributed by atoms with Crippen LogP contribution in [-0.2, 0) is 11.2 Å². The Labute approximate surface area is 129 Å². The summed E-state index contributed by atoms with van der Waals surface area (Å²) in [5.74, 6) is 1.12. The molecule has 1 aromatic carbocycles. The Bertz CT molecular complexity index is 420. The van der Waals surface area contributed by atoms with Crippen LogP contribution in [0.5, 0.6) is 5.75 Å². The maximum absolute atomic E-state index is 5.96. The Morgan fingerprint density at radius 1 is 1.24 bits per heavy atom. The van der Waals surface area contributed by atoms with Crippen molar-refractivity contribution in [3.8, 4) is 5.75 Å². The van der Waals surface area contributed by atoms with Gasteiger partial charge in [0.25, 0.3) is 0 Å². The van der Waals surface area contributed by atoms with Crippen LogP contribution in [0.3, 0.4) is 0 Å². The maximum Gasteiger partial charge on any atom is 0.127 e. The molecule has 0 amide bonds. The number of fused-ring (bicyclic) bond motifs is 1. The molecule has 1 heterocycles. The van der Waals surface area contributed by atoms with Crippen molar-refractivity contribution in [2.75, 3.05) is 26.4 Å². The minimum Gasteiger partial charge on any atom is -0.493 e. The van der Waals surface area contributed by atoms with Gasteiger partial charge >= 0.3 is 0 Å². The molecule has 0 bridgehead atoms. The van der Waals surface area contributed by atoms with E-state index < -0.39 is 0 Å².